The highest BCUT2D eigenvalue weighted by Gasteiger charge is 2.34. The molecule has 4 nitrogen and oxygen atoms in total. The van der Waals surface area contributed by atoms with Gasteiger partial charge in [0.15, 0.2) is 17.5 Å². The molecule has 0 amide bonds. The molecule has 0 fully saturated rings. The monoisotopic (exact) mass is 760 g/mol. The first-order chi connectivity index (χ1) is 28.5. The zero-order valence-corrected chi connectivity index (χ0v) is 32.8. The summed E-state index contributed by atoms with van der Waals surface area (Å²) in [5, 5.41) is 2.56. The zero-order chi connectivity index (χ0) is 38.5. The van der Waals surface area contributed by atoms with Crippen molar-refractivity contribution in [2.45, 2.75) is 9.79 Å². The Kier molecular flexibility index (Phi) is 7.11. The average molecular weight is 761 g/mol. The average Bonchev–Trinajstić information content (AvgIpc) is 3.73. The number of nitrogens with zero attached hydrogens (tertiary/aromatic N) is 4. The van der Waals surface area contributed by atoms with Crippen LogP contribution in [0.2, 0.25) is 0 Å². The summed E-state index contributed by atoms with van der Waals surface area (Å²) in [6, 6.07) is 66.0. The fourth-order valence-corrected chi connectivity index (χ4v) is 11.6. The summed E-state index contributed by atoms with van der Waals surface area (Å²) in [6.07, 6.45) is 4.87. The summed E-state index contributed by atoms with van der Waals surface area (Å²) < 4.78 is 2.45. The topological polar surface area (TPSA) is 43.6 Å². The van der Waals surface area contributed by atoms with Crippen LogP contribution in [-0.2, 0) is 0 Å². The fraction of sp³-hybridized carbons (Fsp3) is 0.0377. The summed E-state index contributed by atoms with van der Waals surface area (Å²) in [5.41, 5.74) is 15.7. The third-order valence-electron chi connectivity index (χ3n) is 12.0. The summed E-state index contributed by atoms with van der Waals surface area (Å²) in [5.74, 6) is 1.94. The first kappa shape index (κ1) is 33.1. The third-order valence-corrected chi connectivity index (χ3v) is 14.9. The molecule has 0 atom stereocenters. The molecule has 0 unspecified atom stereocenters. The van der Waals surface area contributed by atoms with E-state index in [0.717, 1.165) is 55.8 Å². The molecule has 0 spiro atoms. The SMILES string of the molecule is CS1(C)c2ccc3cc2-c2cc4c(cc21)c1ccccc1n4-c1cccc(c1)-c1cccc(c1)-c1nc(-c2cc(-c4ccccc4)cc(-c4ccccc4)c2)nc-3n1. The van der Waals surface area contributed by atoms with Crippen LogP contribution in [0.1, 0.15) is 0 Å². The van der Waals surface area contributed by atoms with Gasteiger partial charge >= 0.3 is 0 Å². The first-order valence-electron chi connectivity index (χ1n) is 19.7. The Balaban J connectivity index is 1.16. The van der Waals surface area contributed by atoms with Gasteiger partial charge in [-0.15, -0.1) is 0 Å². The second-order valence-corrected chi connectivity index (χ2v) is 19.3. The van der Waals surface area contributed by atoms with Crippen LogP contribution in [0.15, 0.2) is 192 Å². The lowest BCUT2D eigenvalue weighted by atomic mass is 9.95. The molecule has 10 bridgehead atoms. The minimum atomic E-state index is -1.30. The molecule has 4 heterocycles. The van der Waals surface area contributed by atoms with Crippen LogP contribution in [0.25, 0.3) is 106 Å². The van der Waals surface area contributed by atoms with Crippen LogP contribution < -0.4 is 0 Å². The number of fused-ring (bicyclic) bond motifs is 14. The van der Waals surface area contributed by atoms with Crippen LogP contribution in [0.4, 0.5) is 0 Å². The summed E-state index contributed by atoms with van der Waals surface area (Å²) in [6.45, 7) is 0. The van der Waals surface area contributed by atoms with E-state index < -0.39 is 10.0 Å². The normalized spacial score (nSPS) is 13.7. The molecule has 2 aliphatic heterocycles. The number of para-hydroxylation sites is 1. The summed E-state index contributed by atoms with van der Waals surface area (Å²) in [7, 11) is -1.30. The van der Waals surface area contributed by atoms with Crippen molar-refractivity contribution >= 4 is 31.8 Å². The van der Waals surface area contributed by atoms with Crippen LogP contribution in [0.3, 0.4) is 0 Å². The van der Waals surface area contributed by atoms with Crippen LogP contribution >= 0.6 is 10.0 Å². The van der Waals surface area contributed by atoms with Crippen molar-refractivity contribution in [1.29, 1.82) is 0 Å². The Labute approximate surface area is 338 Å². The lowest BCUT2D eigenvalue weighted by Crippen LogP contribution is -2.01. The Morgan fingerprint density at radius 1 is 0.345 bits per heavy atom. The maximum Gasteiger partial charge on any atom is 0.164 e. The van der Waals surface area contributed by atoms with E-state index >= 15 is 0 Å². The molecular weight excluding hydrogens is 725 g/mol. The van der Waals surface area contributed by atoms with Gasteiger partial charge in [0.2, 0.25) is 0 Å². The van der Waals surface area contributed by atoms with Gasteiger partial charge in [0.1, 0.15) is 0 Å². The van der Waals surface area contributed by atoms with Crippen molar-refractivity contribution in [1.82, 2.24) is 19.5 Å². The van der Waals surface area contributed by atoms with Gasteiger partial charge in [0.05, 0.1) is 11.0 Å². The summed E-state index contributed by atoms with van der Waals surface area (Å²) >= 11 is 0. The standard InChI is InChI=1S/C53H36N4S/c1-58(2)49-24-23-38-30-45(49)46-31-48-44(32-50(46)58)43-21-9-10-22-47(43)57(48)42-20-12-18-36(29-42)35-17-11-19-37(25-35)51-54-52(38)56-53(55-51)41-27-39(33-13-5-3-6-14-33)26-40(28-41)34-15-7-4-8-16-34/h3-32H,1-2H3. The van der Waals surface area contributed by atoms with Crippen molar-refractivity contribution in [3.8, 4) is 84.4 Å². The minimum absolute atomic E-state index is 0.640. The fourth-order valence-electron chi connectivity index (χ4n) is 9.13. The highest BCUT2D eigenvalue weighted by atomic mass is 32.3. The predicted molar refractivity (Wildman–Crippen MR) is 242 cm³/mol. The smallest absolute Gasteiger partial charge is 0.164 e. The van der Waals surface area contributed by atoms with Crippen LogP contribution in [-0.4, -0.2) is 32.0 Å². The molecule has 0 aliphatic carbocycles. The number of benzene rings is 8. The van der Waals surface area contributed by atoms with Crippen LogP contribution in [0.5, 0.6) is 0 Å². The lowest BCUT2D eigenvalue weighted by Gasteiger charge is -2.28. The van der Waals surface area contributed by atoms with Gasteiger partial charge in [-0.2, -0.15) is 10.0 Å². The zero-order valence-electron chi connectivity index (χ0n) is 32.0. The van der Waals surface area contributed by atoms with Gasteiger partial charge in [-0.1, -0.05) is 115 Å². The van der Waals surface area contributed by atoms with Crippen molar-refractivity contribution in [3.63, 3.8) is 0 Å². The highest BCUT2D eigenvalue weighted by molar-refractivity contribution is 8.33. The van der Waals surface area contributed by atoms with Gasteiger partial charge < -0.3 is 4.57 Å². The molecule has 58 heavy (non-hydrogen) atoms. The van der Waals surface area contributed by atoms with Gasteiger partial charge in [0, 0.05) is 42.9 Å². The second kappa shape index (κ2) is 12.5. The van der Waals surface area contributed by atoms with E-state index in [-0.39, 0.29) is 0 Å². The first-order valence-corrected chi connectivity index (χ1v) is 22.1. The molecule has 0 saturated carbocycles. The molecule has 2 aliphatic rings. The Bertz CT molecular complexity index is 3250. The molecule has 0 saturated heterocycles. The molecule has 0 N–H and O–H groups in total. The molecule has 274 valence electrons. The van der Waals surface area contributed by atoms with Gasteiger partial charge in [-0.25, -0.2) is 15.0 Å². The van der Waals surface area contributed by atoms with Crippen molar-refractivity contribution in [2.24, 2.45) is 0 Å². The van der Waals surface area contributed by atoms with E-state index in [1.54, 1.807) is 0 Å². The number of aromatic nitrogens is 4. The molecule has 8 aromatic carbocycles. The Morgan fingerprint density at radius 3 is 1.60 bits per heavy atom. The number of hydrogen-bond acceptors (Lipinski definition) is 3. The van der Waals surface area contributed by atoms with Gasteiger partial charge in [0.25, 0.3) is 0 Å². The van der Waals surface area contributed by atoms with Gasteiger partial charge in [-0.3, -0.25) is 0 Å². The predicted octanol–water partition coefficient (Wildman–Crippen LogP) is 13.7. The quantitative estimate of drug-likeness (QED) is 0.180. The largest absolute Gasteiger partial charge is 0.309 e. The molecule has 0 radical (unpaired) electrons. The highest BCUT2D eigenvalue weighted by Crippen LogP contribution is 2.68. The Hall–Kier alpha value is -7.08. The van der Waals surface area contributed by atoms with Crippen molar-refractivity contribution < 1.29 is 0 Å². The molecule has 2 aromatic heterocycles. The molecular formula is C53H36N4S. The maximum absolute atomic E-state index is 5.33. The minimum Gasteiger partial charge on any atom is -0.309 e. The molecule has 12 rings (SSSR count). The Morgan fingerprint density at radius 2 is 0.879 bits per heavy atom. The van der Waals surface area contributed by atoms with Crippen molar-refractivity contribution in [2.75, 3.05) is 12.5 Å². The van der Waals surface area contributed by atoms with E-state index in [2.05, 4.69) is 199 Å². The van der Waals surface area contributed by atoms with Crippen molar-refractivity contribution in [3.05, 3.63) is 182 Å². The maximum atomic E-state index is 5.33. The van der Waals surface area contributed by atoms with E-state index in [1.807, 2.05) is 0 Å². The molecule has 10 aromatic rings. The van der Waals surface area contributed by atoms with Gasteiger partial charge in [-0.05, 0) is 124 Å². The third kappa shape index (κ3) is 5.07. The summed E-state index contributed by atoms with van der Waals surface area (Å²) in [4.78, 5) is 18.7. The second-order valence-electron chi connectivity index (χ2n) is 15.7. The van der Waals surface area contributed by atoms with E-state index in [0.29, 0.717) is 17.5 Å². The van der Waals surface area contributed by atoms with E-state index in [9.17, 15) is 0 Å². The van der Waals surface area contributed by atoms with E-state index in [4.69, 9.17) is 15.0 Å². The van der Waals surface area contributed by atoms with E-state index in [1.165, 1.54) is 42.7 Å². The number of hydrogen-bond donors (Lipinski definition) is 0. The number of rotatable bonds is 3. The lowest BCUT2D eigenvalue weighted by molar-refractivity contribution is 1.07. The molecule has 5 heteroatoms. The van der Waals surface area contributed by atoms with Crippen LogP contribution in [0, 0.1) is 0 Å².